The molecule has 0 bridgehead atoms. The quantitative estimate of drug-likeness (QED) is 0.389. The minimum atomic E-state index is -0.812. The molecule has 1 aromatic heterocycles. The smallest absolute Gasteiger partial charge is 0.347 e. The number of benzene rings is 1. The van der Waals surface area contributed by atoms with Crippen LogP contribution >= 0.6 is 12.2 Å². The lowest BCUT2D eigenvalue weighted by Gasteiger charge is -2.21. The SMILES string of the molecule is CC1=C(C#N)C(=S)NC(=O)C1/C=C/C(=O)c1cc2ccccc2oc1=O. The lowest BCUT2D eigenvalue weighted by molar-refractivity contribution is -0.121. The number of nitriles is 1. The molecule has 0 saturated heterocycles. The van der Waals surface area contributed by atoms with Gasteiger partial charge >= 0.3 is 5.63 Å². The number of allylic oxidation sites excluding steroid dienone is 1. The third-order valence-electron chi connectivity index (χ3n) is 4.07. The van der Waals surface area contributed by atoms with Gasteiger partial charge in [-0.2, -0.15) is 5.26 Å². The van der Waals surface area contributed by atoms with E-state index in [4.69, 9.17) is 21.9 Å². The third-order valence-corrected chi connectivity index (χ3v) is 4.37. The number of rotatable bonds is 3. The molecular formula is C19H12N2O4S. The second-order valence-corrected chi connectivity index (χ2v) is 6.08. The van der Waals surface area contributed by atoms with Gasteiger partial charge in [0.2, 0.25) is 5.91 Å². The highest BCUT2D eigenvalue weighted by atomic mass is 32.1. The summed E-state index contributed by atoms with van der Waals surface area (Å²) in [6.07, 6.45) is 2.48. The number of carbonyl (C=O) groups excluding carboxylic acids is 2. The van der Waals surface area contributed by atoms with Crippen molar-refractivity contribution in [2.75, 3.05) is 0 Å². The molecule has 1 atom stereocenters. The van der Waals surface area contributed by atoms with E-state index in [0.29, 0.717) is 16.5 Å². The molecule has 2 aromatic rings. The lowest BCUT2D eigenvalue weighted by atomic mass is 9.91. The molecule has 0 spiro atoms. The fraction of sp³-hybridized carbons (Fsp3) is 0.105. The fourth-order valence-electron chi connectivity index (χ4n) is 2.66. The van der Waals surface area contributed by atoms with Gasteiger partial charge in [0.25, 0.3) is 0 Å². The molecule has 0 saturated carbocycles. The number of fused-ring (bicyclic) bond motifs is 1. The molecule has 0 aliphatic carbocycles. The number of hydrogen-bond acceptors (Lipinski definition) is 6. The van der Waals surface area contributed by atoms with Gasteiger partial charge in [-0.1, -0.05) is 36.5 Å². The largest absolute Gasteiger partial charge is 0.422 e. The van der Waals surface area contributed by atoms with E-state index in [2.05, 4.69) is 5.32 Å². The number of amides is 1. The van der Waals surface area contributed by atoms with Gasteiger partial charge in [-0.25, -0.2) is 4.79 Å². The summed E-state index contributed by atoms with van der Waals surface area (Å²) in [4.78, 5) is 36.6. The van der Waals surface area contributed by atoms with E-state index < -0.39 is 23.2 Å². The number of para-hydroxylation sites is 1. The van der Waals surface area contributed by atoms with Crippen LogP contribution in [0.1, 0.15) is 17.3 Å². The summed E-state index contributed by atoms with van der Waals surface area (Å²) in [6, 6.07) is 10.2. The van der Waals surface area contributed by atoms with E-state index >= 15 is 0 Å². The first-order valence-corrected chi connectivity index (χ1v) is 8.04. The van der Waals surface area contributed by atoms with Crippen molar-refractivity contribution in [1.82, 2.24) is 5.32 Å². The van der Waals surface area contributed by atoms with Crippen LogP contribution in [0, 0.1) is 17.2 Å². The number of hydrogen-bond donors (Lipinski definition) is 1. The van der Waals surface area contributed by atoms with Crippen LogP contribution in [0.5, 0.6) is 0 Å². The molecule has 1 aliphatic heterocycles. The van der Waals surface area contributed by atoms with Gasteiger partial charge in [0.05, 0.1) is 11.5 Å². The van der Waals surface area contributed by atoms with E-state index in [1.165, 1.54) is 12.1 Å². The van der Waals surface area contributed by atoms with Gasteiger partial charge in [-0.05, 0) is 30.7 Å². The monoisotopic (exact) mass is 364 g/mol. The van der Waals surface area contributed by atoms with Crippen molar-refractivity contribution in [3.63, 3.8) is 0 Å². The molecule has 7 heteroatoms. The molecular weight excluding hydrogens is 352 g/mol. The first-order valence-electron chi connectivity index (χ1n) is 7.64. The molecule has 3 rings (SSSR count). The van der Waals surface area contributed by atoms with Gasteiger partial charge in [-0.15, -0.1) is 0 Å². The summed E-state index contributed by atoms with van der Waals surface area (Å²) in [5.41, 5.74) is 0.157. The number of nitrogens with zero attached hydrogens (tertiary/aromatic N) is 1. The Morgan fingerprint density at radius 1 is 1.35 bits per heavy atom. The normalized spacial score (nSPS) is 17.5. The van der Waals surface area contributed by atoms with Crippen molar-refractivity contribution in [2.24, 2.45) is 5.92 Å². The van der Waals surface area contributed by atoms with Gasteiger partial charge in [0.15, 0.2) is 5.78 Å². The maximum absolute atomic E-state index is 12.4. The summed E-state index contributed by atoms with van der Waals surface area (Å²) in [5.74, 6) is -1.83. The minimum Gasteiger partial charge on any atom is -0.422 e. The number of ketones is 1. The highest BCUT2D eigenvalue weighted by Gasteiger charge is 2.28. The van der Waals surface area contributed by atoms with Crippen molar-refractivity contribution in [1.29, 1.82) is 5.26 Å². The van der Waals surface area contributed by atoms with Crippen LogP contribution in [0.3, 0.4) is 0 Å². The standard InChI is InChI=1S/C19H12N2O4S/c1-10-12(17(23)21-18(26)14(10)9-20)6-7-15(22)13-8-11-4-2-3-5-16(11)25-19(13)24/h2-8,12H,1H3,(H,21,23,26)/b7-6+. The lowest BCUT2D eigenvalue weighted by Crippen LogP contribution is -2.40. The van der Waals surface area contributed by atoms with Crippen LogP contribution in [0.2, 0.25) is 0 Å². The van der Waals surface area contributed by atoms with Crippen molar-refractivity contribution >= 4 is 39.9 Å². The van der Waals surface area contributed by atoms with Crippen LogP contribution < -0.4 is 10.9 Å². The van der Waals surface area contributed by atoms with Crippen LogP contribution in [-0.4, -0.2) is 16.7 Å². The minimum absolute atomic E-state index is 0.0705. The molecule has 1 unspecified atom stereocenters. The topological polar surface area (TPSA) is 100 Å². The van der Waals surface area contributed by atoms with Crippen molar-refractivity contribution in [3.05, 3.63) is 69.6 Å². The Morgan fingerprint density at radius 2 is 2.08 bits per heavy atom. The van der Waals surface area contributed by atoms with E-state index in [1.54, 1.807) is 31.2 Å². The first-order chi connectivity index (χ1) is 12.4. The Morgan fingerprint density at radius 3 is 2.81 bits per heavy atom. The second-order valence-electron chi connectivity index (χ2n) is 5.67. The summed E-state index contributed by atoms with van der Waals surface area (Å²) in [7, 11) is 0. The Bertz CT molecular complexity index is 1120. The molecule has 128 valence electrons. The van der Waals surface area contributed by atoms with Crippen LogP contribution in [0.4, 0.5) is 0 Å². The van der Waals surface area contributed by atoms with E-state index in [1.807, 2.05) is 6.07 Å². The fourth-order valence-corrected chi connectivity index (χ4v) is 2.97. The predicted molar refractivity (Wildman–Crippen MR) is 98.5 cm³/mol. The predicted octanol–water partition coefficient (Wildman–Crippen LogP) is 2.45. The molecule has 0 radical (unpaired) electrons. The molecule has 1 amide bonds. The molecule has 26 heavy (non-hydrogen) atoms. The summed E-state index contributed by atoms with van der Waals surface area (Å²) in [5, 5.41) is 12.2. The molecule has 1 N–H and O–H groups in total. The van der Waals surface area contributed by atoms with Gasteiger partial charge in [0, 0.05) is 5.39 Å². The summed E-state index contributed by atoms with van der Waals surface area (Å²) >= 11 is 4.95. The molecule has 2 heterocycles. The Labute approximate surface area is 153 Å². The zero-order valence-electron chi connectivity index (χ0n) is 13.6. The number of carbonyl (C=O) groups is 2. The third kappa shape index (κ3) is 3.10. The first kappa shape index (κ1) is 17.5. The number of thiocarbonyl (C=S) groups is 1. The van der Waals surface area contributed by atoms with Gasteiger partial charge < -0.3 is 9.73 Å². The van der Waals surface area contributed by atoms with E-state index in [0.717, 1.165) is 6.08 Å². The van der Waals surface area contributed by atoms with Gasteiger partial charge in [-0.3, -0.25) is 9.59 Å². The highest BCUT2D eigenvalue weighted by Crippen LogP contribution is 2.22. The van der Waals surface area contributed by atoms with Crippen molar-refractivity contribution in [2.45, 2.75) is 6.92 Å². The Balaban J connectivity index is 1.95. The maximum Gasteiger partial charge on any atom is 0.347 e. The Kier molecular flexibility index (Phi) is 4.61. The maximum atomic E-state index is 12.4. The Hall–Kier alpha value is -3.37. The van der Waals surface area contributed by atoms with Crippen LogP contribution in [-0.2, 0) is 4.79 Å². The molecule has 1 aromatic carbocycles. The molecule has 0 fully saturated rings. The summed E-state index contributed by atoms with van der Waals surface area (Å²) in [6.45, 7) is 1.60. The van der Waals surface area contributed by atoms with E-state index in [-0.39, 0.29) is 16.1 Å². The van der Waals surface area contributed by atoms with Crippen LogP contribution in [0.15, 0.2) is 62.8 Å². The summed E-state index contributed by atoms with van der Waals surface area (Å²) < 4.78 is 5.14. The molecule has 6 nitrogen and oxygen atoms in total. The average Bonchev–Trinajstić information content (AvgIpc) is 2.60. The average molecular weight is 364 g/mol. The zero-order chi connectivity index (χ0) is 18.8. The second kappa shape index (κ2) is 6.86. The van der Waals surface area contributed by atoms with Crippen LogP contribution in [0.25, 0.3) is 11.0 Å². The molecule has 1 aliphatic rings. The van der Waals surface area contributed by atoms with Crippen molar-refractivity contribution < 1.29 is 14.0 Å². The van der Waals surface area contributed by atoms with Gasteiger partial charge in [0.1, 0.15) is 22.2 Å². The zero-order valence-corrected chi connectivity index (χ0v) is 14.4. The highest BCUT2D eigenvalue weighted by molar-refractivity contribution is 7.80. The van der Waals surface area contributed by atoms with Crippen molar-refractivity contribution in [3.8, 4) is 6.07 Å². The number of nitrogens with one attached hydrogen (secondary N) is 1. The van der Waals surface area contributed by atoms with E-state index in [9.17, 15) is 14.4 Å².